The Balaban J connectivity index is 0.00000506. The van der Waals surface area contributed by atoms with E-state index in [-0.39, 0.29) is 235 Å². The van der Waals surface area contributed by atoms with Crippen LogP contribution in [0.3, 0.4) is 0 Å². The van der Waals surface area contributed by atoms with Crippen molar-refractivity contribution >= 4 is 87.1 Å². The molecule has 23 nitrogen and oxygen atoms in total. The average Bonchev–Trinajstić information content (AvgIpc) is 1.86. The van der Waals surface area contributed by atoms with Crippen LogP contribution >= 0.6 is 0 Å². The Morgan fingerprint density at radius 3 is 1.08 bits per heavy atom. The molecule has 5 aromatic rings. The largest absolute Gasteiger partial charge is 1.00 e. The Bertz CT molecular complexity index is 3440. The molecule has 2 N–H and O–H groups in total. The number of hydrogen-bond acceptors (Lipinski definition) is 19. The SMILES string of the molecule is CCCCCCCCCCCCCCCCCCOc1ccc(C(C2C(=O)N(c3ccccc3)N=C2NC(=O)c2cc(S(=O)(=O)[O-])cc(S(=O)(=O)[O-])c2)C2C(=O)N(c3ccccc3)N=C2NC(=O)c2cc(S(=O)(=O)[O-])cc(S(=O)(=O)[O-])c2)cc1.[K+].[K+].[K+].[K+]. The van der Waals surface area contributed by atoms with Gasteiger partial charge in [0.25, 0.3) is 23.6 Å². The van der Waals surface area contributed by atoms with E-state index in [2.05, 4.69) is 27.8 Å². The van der Waals surface area contributed by atoms with E-state index in [1.54, 1.807) is 12.1 Å². The van der Waals surface area contributed by atoms with Crippen LogP contribution in [0, 0.1) is 11.8 Å². The molecule has 0 spiro atoms. The molecule has 0 fully saturated rings. The second-order valence-electron chi connectivity index (χ2n) is 20.3. The maximum Gasteiger partial charge on any atom is 1.00 e. The maximum absolute atomic E-state index is 15.3. The Labute approximate surface area is 684 Å². The quantitative estimate of drug-likeness (QED) is 0.0261. The summed E-state index contributed by atoms with van der Waals surface area (Å²) in [5.74, 6) is -11.0. The predicted octanol–water partition coefficient (Wildman–Crippen LogP) is -4.14. The van der Waals surface area contributed by atoms with Gasteiger partial charge in [-0.05, 0) is 84.8 Å². The fourth-order valence-electron chi connectivity index (χ4n) is 9.86. The molecule has 0 aromatic heterocycles. The first-order valence-electron chi connectivity index (χ1n) is 27.3. The monoisotopic (exact) mass is 1390 g/mol. The van der Waals surface area contributed by atoms with Crippen molar-refractivity contribution in [2.75, 3.05) is 16.6 Å². The summed E-state index contributed by atoms with van der Waals surface area (Å²) in [6.45, 7) is 2.54. The summed E-state index contributed by atoms with van der Waals surface area (Å²) in [6, 6.07) is 23.7. The Hall–Kier alpha value is -0.695. The molecule has 5 aromatic carbocycles. The van der Waals surface area contributed by atoms with Gasteiger partial charge in [-0.1, -0.05) is 152 Å². The van der Waals surface area contributed by atoms with E-state index in [9.17, 15) is 61.5 Å². The number of amidine groups is 2. The zero-order valence-electron chi connectivity index (χ0n) is 49.7. The fourth-order valence-corrected chi connectivity index (χ4v) is 12.2. The van der Waals surface area contributed by atoms with Gasteiger partial charge in [0.1, 0.15) is 69.7 Å². The van der Waals surface area contributed by atoms with Crippen LogP contribution in [0.4, 0.5) is 11.4 Å². The Morgan fingerprint density at radius 1 is 0.466 bits per heavy atom. The molecule has 2 aliphatic rings. The topological polar surface area (TPSA) is 362 Å². The van der Waals surface area contributed by atoms with Crippen LogP contribution in [0.2, 0.25) is 0 Å². The van der Waals surface area contributed by atoms with Crippen molar-refractivity contribution < 1.29 is 281 Å². The van der Waals surface area contributed by atoms with Crippen molar-refractivity contribution in [2.24, 2.45) is 22.0 Å². The summed E-state index contributed by atoms with van der Waals surface area (Å²) in [5, 5.41) is 15.3. The third-order valence-corrected chi connectivity index (χ3v) is 17.4. The molecule has 2 unspecified atom stereocenters. The molecule has 2 aliphatic heterocycles. The van der Waals surface area contributed by atoms with Gasteiger partial charge < -0.3 is 33.6 Å². The molecule has 0 saturated carbocycles. The summed E-state index contributed by atoms with van der Waals surface area (Å²) in [6.07, 6.45) is 18.9. The van der Waals surface area contributed by atoms with E-state index in [4.69, 9.17) is 4.74 Å². The third-order valence-electron chi connectivity index (χ3n) is 14.1. The molecule has 0 bridgehead atoms. The molecule has 2 atom stereocenters. The molecular formula is C57H62K4N6O17S4. The van der Waals surface area contributed by atoms with Gasteiger partial charge in [0.2, 0.25) is 0 Å². The van der Waals surface area contributed by atoms with Gasteiger partial charge in [0.05, 0.1) is 37.6 Å². The molecule has 31 heteroatoms. The zero-order chi connectivity index (χ0) is 60.8. The average molecular weight is 1390 g/mol. The number of carbonyl (C=O) groups excluding carboxylic acids is 4. The first-order chi connectivity index (χ1) is 39.8. The van der Waals surface area contributed by atoms with Crippen LogP contribution < -0.4 is 231 Å². The van der Waals surface area contributed by atoms with Crippen LogP contribution in [-0.4, -0.2) is 93.8 Å². The zero-order valence-corrected chi connectivity index (χ0v) is 65.4. The first-order valence-corrected chi connectivity index (χ1v) is 32.9. The smallest absolute Gasteiger partial charge is 0.744 e. The van der Waals surface area contributed by atoms with E-state index >= 15 is 9.59 Å². The van der Waals surface area contributed by atoms with E-state index in [1.807, 2.05) is 0 Å². The Morgan fingerprint density at radius 2 is 0.773 bits per heavy atom. The van der Waals surface area contributed by atoms with Gasteiger partial charge in [-0.25, -0.2) is 33.7 Å². The van der Waals surface area contributed by atoms with Gasteiger partial charge in [0, 0.05) is 17.0 Å². The summed E-state index contributed by atoms with van der Waals surface area (Å²) in [7, 11) is -22.1. The number of ether oxygens (including phenoxy) is 1. The molecule has 4 amide bonds. The number of rotatable bonds is 29. The number of amides is 4. The van der Waals surface area contributed by atoms with Gasteiger partial charge in [-0.3, -0.25) is 19.2 Å². The number of nitrogens with one attached hydrogen (secondary N) is 2. The van der Waals surface area contributed by atoms with Crippen molar-refractivity contribution in [1.29, 1.82) is 0 Å². The molecule has 0 aliphatic carbocycles. The number of hydrogen-bond donors (Lipinski definition) is 2. The van der Waals surface area contributed by atoms with Crippen molar-refractivity contribution in [2.45, 2.75) is 135 Å². The number of hydrazone groups is 2. The number of benzene rings is 5. The second-order valence-corrected chi connectivity index (χ2v) is 25.8. The number of para-hydroxylation sites is 2. The Kier molecular flexibility index (Phi) is 35.3. The minimum absolute atomic E-state index is 0. The minimum Gasteiger partial charge on any atom is -0.744 e. The van der Waals surface area contributed by atoms with Crippen molar-refractivity contribution in [3.63, 3.8) is 0 Å². The number of carbonyl (C=O) groups is 4. The van der Waals surface area contributed by atoms with Gasteiger partial charge in [-0.15, -0.1) is 0 Å². The minimum atomic E-state index is -5.52. The van der Waals surface area contributed by atoms with Crippen LogP contribution in [-0.2, 0) is 50.1 Å². The van der Waals surface area contributed by atoms with Crippen molar-refractivity contribution in [1.82, 2.24) is 10.6 Å². The maximum atomic E-state index is 15.3. The molecule has 88 heavy (non-hydrogen) atoms. The summed E-state index contributed by atoms with van der Waals surface area (Å²) >= 11 is 0. The van der Waals surface area contributed by atoms with Crippen LogP contribution in [0.25, 0.3) is 0 Å². The summed E-state index contributed by atoms with van der Waals surface area (Å²) < 4.78 is 152. The third kappa shape index (κ3) is 23.6. The normalized spacial score (nSPS) is 15.4. The molecule has 450 valence electrons. The van der Waals surface area contributed by atoms with E-state index in [0.29, 0.717) is 36.6 Å². The van der Waals surface area contributed by atoms with Gasteiger partial charge in [-0.2, -0.15) is 20.2 Å². The van der Waals surface area contributed by atoms with Gasteiger partial charge in [0.15, 0.2) is 0 Å². The standard InChI is InChI=1S/C57H66N6O17S4.4K/c1-2-3-4-5-6-7-8-9-10-11-12-13-14-15-16-23-32-80-44-30-28-39(29-31-44)49(50-52(60-62(56(50)66)42-24-19-17-20-25-42)58-54(64)40-33-45(81(68,69)70)37-46(34-40)82(71,72)73)51-53(61-63(57(51)67)43-26-21-18-22-27-43)59-55(65)41-35-47(83(74,75)76)38-48(36-41)84(77,78)79;;;;/h17-22,24-31,33-38,49-51H,2-16,23,32H2,1H3,(H,58,60,64)(H,59,61,65)(H,68,69,70)(H,71,72,73)(H,74,75,76)(H,77,78,79);;;;/q;4*+1/p-4. The molecule has 2 heterocycles. The van der Waals surface area contributed by atoms with Gasteiger partial charge >= 0.3 is 206 Å². The van der Waals surface area contributed by atoms with Crippen LogP contribution in [0.1, 0.15) is 142 Å². The summed E-state index contributed by atoms with van der Waals surface area (Å²) in [5.41, 5.74) is -1.46. The molecule has 0 saturated heterocycles. The number of nitrogens with zero attached hydrogens (tertiary/aromatic N) is 4. The van der Waals surface area contributed by atoms with Crippen molar-refractivity contribution in [3.8, 4) is 5.75 Å². The fraction of sp³-hybridized carbons (Fsp3) is 0.368. The number of anilines is 2. The number of unbranched alkanes of at least 4 members (excludes halogenated alkanes) is 15. The summed E-state index contributed by atoms with van der Waals surface area (Å²) in [4.78, 5) is 54.1. The van der Waals surface area contributed by atoms with Crippen LogP contribution in [0.5, 0.6) is 5.75 Å². The van der Waals surface area contributed by atoms with E-state index in [1.165, 1.54) is 143 Å². The predicted molar refractivity (Wildman–Crippen MR) is 304 cm³/mol. The van der Waals surface area contributed by atoms with E-state index in [0.717, 1.165) is 42.1 Å². The molecule has 0 radical (unpaired) electrons. The molecular weight excluding hydrogens is 1330 g/mol. The van der Waals surface area contributed by atoms with Crippen LogP contribution in [0.15, 0.2) is 151 Å². The second kappa shape index (κ2) is 38.2. The van der Waals surface area contributed by atoms with E-state index < -0.39 is 124 Å². The molecule has 7 rings (SSSR count). The first kappa shape index (κ1) is 81.5. The van der Waals surface area contributed by atoms with Crippen molar-refractivity contribution in [3.05, 3.63) is 138 Å².